The number of nitrogen functional groups attached to an aromatic ring is 1. The third kappa shape index (κ3) is 5.89. The van der Waals surface area contributed by atoms with E-state index in [0.29, 0.717) is 12.1 Å². The highest BCUT2D eigenvalue weighted by Gasteiger charge is 2.29. The number of fused-ring (bicyclic) bond motifs is 2. The molecule has 0 saturated carbocycles. The van der Waals surface area contributed by atoms with Crippen LogP contribution in [0.3, 0.4) is 0 Å². The van der Waals surface area contributed by atoms with E-state index in [1.54, 1.807) is 0 Å². The van der Waals surface area contributed by atoms with Crippen molar-refractivity contribution in [3.8, 4) is 5.75 Å². The summed E-state index contributed by atoms with van der Waals surface area (Å²) >= 11 is 0. The number of hydrogen-bond donors (Lipinski definition) is 6. The van der Waals surface area contributed by atoms with Crippen molar-refractivity contribution >= 4 is 84.8 Å². The van der Waals surface area contributed by atoms with E-state index in [1.807, 2.05) is 0 Å². The van der Waals surface area contributed by atoms with Crippen LogP contribution in [0.2, 0.25) is 0 Å². The lowest BCUT2D eigenvalue weighted by Gasteiger charge is -2.14. The molecule has 0 amide bonds. The molecule has 22 heteroatoms. The van der Waals surface area contributed by atoms with E-state index in [2.05, 4.69) is 20.5 Å². The first-order valence-corrected chi connectivity index (χ1v) is 16.7. The number of nitrogens with two attached hydrogens (primary N) is 1. The summed E-state index contributed by atoms with van der Waals surface area (Å²) in [4.78, 5) is -3.87. The Kier molecular flexibility index (Phi) is 7.78. The van der Waals surface area contributed by atoms with Crippen molar-refractivity contribution in [1.29, 1.82) is 0 Å². The van der Waals surface area contributed by atoms with Crippen LogP contribution in [0.1, 0.15) is 0 Å². The minimum absolute atomic E-state index is 0.358. The molecular weight excluding hydrogens is 659 g/mol. The molecule has 18 nitrogen and oxygen atoms in total. The molecule has 0 bridgehead atoms. The van der Waals surface area contributed by atoms with Crippen LogP contribution < -0.4 is 5.73 Å². The minimum atomic E-state index is -5.30. The number of azo groups is 2. The second-order valence-corrected chi connectivity index (χ2v) is 14.0. The van der Waals surface area contributed by atoms with Crippen molar-refractivity contribution < 1.29 is 57.0 Å². The van der Waals surface area contributed by atoms with E-state index in [9.17, 15) is 57.0 Å². The Morgan fingerprint density at radius 1 is 0.651 bits per heavy atom. The number of hydrogen-bond acceptors (Lipinski definition) is 14. The predicted molar refractivity (Wildman–Crippen MR) is 148 cm³/mol. The molecule has 0 aliphatic carbocycles. The molecule has 0 saturated heterocycles. The van der Waals surface area contributed by atoms with Crippen LogP contribution >= 0.6 is 0 Å². The van der Waals surface area contributed by atoms with Gasteiger partial charge in [0.1, 0.15) is 36.6 Å². The second kappa shape index (κ2) is 10.5. The molecule has 43 heavy (non-hydrogen) atoms. The smallest absolute Gasteiger partial charge is 0.297 e. The Balaban J connectivity index is 2.12. The van der Waals surface area contributed by atoms with Crippen LogP contribution in [-0.4, -0.2) is 64.0 Å². The predicted octanol–water partition coefficient (Wildman–Crippen LogP) is 3.40. The highest BCUT2D eigenvalue weighted by molar-refractivity contribution is 7.87. The summed E-state index contributed by atoms with van der Waals surface area (Å²) in [5.41, 5.74) is 2.90. The van der Waals surface area contributed by atoms with Gasteiger partial charge in [-0.1, -0.05) is 18.2 Å². The summed E-state index contributed by atoms with van der Waals surface area (Å²) in [6, 6.07) is 6.15. The summed E-state index contributed by atoms with van der Waals surface area (Å²) < 4.78 is 135. The zero-order valence-electron chi connectivity index (χ0n) is 21.0. The van der Waals surface area contributed by atoms with Gasteiger partial charge in [0.05, 0.1) is 11.1 Å². The van der Waals surface area contributed by atoms with Crippen molar-refractivity contribution in [3.63, 3.8) is 0 Å². The highest BCUT2D eigenvalue weighted by Crippen LogP contribution is 2.48. The van der Waals surface area contributed by atoms with Crippen LogP contribution in [0.15, 0.2) is 82.5 Å². The van der Waals surface area contributed by atoms with Gasteiger partial charge in [-0.25, -0.2) is 0 Å². The SMILES string of the molecule is CN=Nc1c(S(=O)(=O)O)cc2cc(S(=O)(=O)O)c(N=Nc3ccc4c(S(=O)(=O)O)cccc4c3S(=O)(=O)O)c(O)c2c1N. The standard InChI is InChI=1S/C21H17N5O13S4/c1-23-25-18-14(41(31,32)33)7-9-8-15(42(34,35)36)19(20(27)16(9)17(18)22)26-24-12-6-5-10-11(21(12)43(37,38)39)3-2-4-13(10)40(28,29)30/h2-8,27H,22H2,1H3,(H,28,29,30)(H,31,32,33)(H,34,35,36)(H,37,38,39). The van der Waals surface area contributed by atoms with Gasteiger partial charge in [0.2, 0.25) is 0 Å². The summed E-state index contributed by atoms with van der Waals surface area (Å²) in [5, 5.41) is 23.3. The van der Waals surface area contributed by atoms with Crippen LogP contribution in [0.25, 0.3) is 21.5 Å². The molecule has 0 atom stereocenters. The highest BCUT2D eigenvalue weighted by atomic mass is 32.2. The first-order chi connectivity index (χ1) is 19.7. The minimum Gasteiger partial charge on any atom is -0.505 e. The zero-order valence-corrected chi connectivity index (χ0v) is 24.3. The molecule has 0 unspecified atom stereocenters. The van der Waals surface area contributed by atoms with Gasteiger partial charge in [0, 0.05) is 17.8 Å². The van der Waals surface area contributed by atoms with E-state index in [1.165, 1.54) is 0 Å². The van der Waals surface area contributed by atoms with E-state index < -0.39 is 105 Å². The lowest BCUT2D eigenvalue weighted by Crippen LogP contribution is -2.04. The fraction of sp³-hybridized carbons (Fsp3) is 0.0476. The molecule has 0 aliphatic rings. The van der Waals surface area contributed by atoms with Gasteiger partial charge in [-0.15, -0.1) is 10.2 Å². The molecule has 0 aromatic heterocycles. The molecule has 0 spiro atoms. The third-order valence-corrected chi connectivity index (χ3v) is 9.41. The third-order valence-electron chi connectivity index (χ3n) is 5.81. The quantitative estimate of drug-likeness (QED) is 0.0929. The van der Waals surface area contributed by atoms with Crippen LogP contribution in [-0.2, 0) is 40.5 Å². The Hall–Kier alpha value is -4.16. The van der Waals surface area contributed by atoms with E-state index >= 15 is 0 Å². The molecule has 4 aromatic carbocycles. The van der Waals surface area contributed by atoms with Gasteiger partial charge < -0.3 is 10.8 Å². The largest absolute Gasteiger partial charge is 0.505 e. The van der Waals surface area contributed by atoms with Crippen molar-refractivity contribution in [1.82, 2.24) is 0 Å². The molecular formula is C21H17N5O13S4. The van der Waals surface area contributed by atoms with Crippen molar-refractivity contribution in [2.24, 2.45) is 20.5 Å². The molecule has 0 heterocycles. The lowest BCUT2D eigenvalue weighted by atomic mass is 10.1. The first-order valence-electron chi connectivity index (χ1n) is 11.0. The maximum absolute atomic E-state index is 12.3. The molecule has 4 aromatic rings. The van der Waals surface area contributed by atoms with Crippen molar-refractivity contribution in [3.05, 3.63) is 42.5 Å². The van der Waals surface area contributed by atoms with Crippen LogP contribution in [0.5, 0.6) is 5.75 Å². The van der Waals surface area contributed by atoms with E-state index in [4.69, 9.17) is 5.73 Å². The zero-order chi connectivity index (χ0) is 32.3. The average molecular weight is 676 g/mol. The molecule has 0 fully saturated rings. The monoisotopic (exact) mass is 675 g/mol. The number of nitrogens with zero attached hydrogens (tertiary/aromatic N) is 4. The number of phenolic OH excluding ortho intramolecular Hbond substituents is 1. The summed E-state index contributed by atoms with van der Waals surface area (Å²) in [6.45, 7) is 0. The van der Waals surface area contributed by atoms with Crippen LogP contribution in [0.4, 0.5) is 22.7 Å². The fourth-order valence-electron chi connectivity index (χ4n) is 4.17. The second-order valence-electron chi connectivity index (χ2n) is 8.47. The van der Waals surface area contributed by atoms with E-state index in [0.717, 1.165) is 37.4 Å². The lowest BCUT2D eigenvalue weighted by molar-refractivity contribution is 0.472. The molecule has 4 rings (SSSR count). The topological polar surface area (TPSA) is 313 Å². The van der Waals surface area contributed by atoms with Crippen LogP contribution in [0, 0.1) is 0 Å². The summed E-state index contributed by atoms with van der Waals surface area (Å²) in [7, 11) is -19.3. The summed E-state index contributed by atoms with van der Waals surface area (Å²) in [5.74, 6) is -1.14. The molecule has 228 valence electrons. The number of aromatic hydroxyl groups is 1. The maximum Gasteiger partial charge on any atom is 0.297 e. The molecule has 0 aliphatic heterocycles. The normalized spacial score (nSPS) is 13.5. The van der Waals surface area contributed by atoms with Gasteiger partial charge in [-0.05, 0) is 29.7 Å². The first kappa shape index (κ1) is 31.8. The van der Waals surface area contributed by atoms with Gasteiger partial charge in [-0.3, -0.25) is 18.2 Å². The molecule has 7 N–H and O–H groups in total. The fourth-order valence-corrected chi connectivity index (χ4v) is 7.04. The Morgan fingerprint density at radius 3 is 1.72 bits per heavy atom. The maximum atomic E-state index is 12.3. The number of anilines is 1. The van der Waals surface area contributed by atoms with Gasteiger partial charge in [0.15, 0.2) is 5.75 Å². The van der Waals surface area contributed by atoms with Gasteiger partial charge >= 0.3 is 0 Å². The van der Waals surface area contributed by atoms with Gasteiger partial charge in [-0.2, -0.15) is 43.9 Å². The Bertz CT molecular complexity index is 2370. The van der Waals surface area contributed by atoms with Gasteiger partial charge in [0.25, 0.3) is 40.5 Å². The number of phenols is 1. The molecule has 0 radical (unpaired) electrons. The van der Waals surface area contributed by atoms with Crippen molar-refractivity contribution in [2.75, 3.05) is 12.8 Å². The van der Waals surface area contributed by atoms with E-state index in [-0.39, 0.29) is 5.39 Å². The number of rotatable bonds is 7. The summed E-state index contributed by atoms with van der Waals surface area (Å²) in [6.07, 6.45) is 0. The number of benzene rings is 4. The Morgan fingerprint density at radius 2 is 1.21 bits per heavy atom. The average Bonchev–Trinajstić information content (AvgIpc) is 2.86. The Labute approximate surface area is 242 Å². The van der Waals surface area contributed by atoms with Crippen molar-refractivity contribution in [2.45, 2.75) is 19.6 Å².